The molecule has 0 atom stereocenters. The Balaban J connectivity index is 1.46. The fourth-order valence-electron chi connectivity index (χ4n) is 3.47. The molecule has 1 aromatic heterocycles. The van der Waals surface area contributed by atoms with Crippen molar-refractivity contribution in [3.8, 4) is 11.5 Å². The molecule has 4 aromatic rings. The summed E-state index contributed by atoms with van der Waals surface area (Å²) in [6.45, 7) is 6.20. The van der Waals surface area contributed by atoms with Crippen LogP contribution in [0.5, 0.6) is 0 Å². The molecule has 0 fully saturated rings. The van der Waals surface area contributed by atoms with E-state index in [9.17, 15) is 4.79 Å². The van der Waals surface area contributed by atoms with Gasteiger partial charge in [-0.15, -0.1) is 0 Å². The summed E-state index contributed by atoms with van der Waals surface area (Å²) >= 11 is 8.65. The smallest absolute Gasteiger partial charge is 0.257 e. The molecule has 0 spiro atoms. The number of carbonyl (C=O) groups is 1. The van der Waals surface area contributed by atoms with E-state index >= 15 is 0 Å². The SMILES string of the molecule is CCN(CC)c1ccc(-c2nc3cc(NC(=S)NC(=O)c4ccc(Br)cc4)ccc3o2)cc1. The molecule has 0 saturated heterocycles. The molecule has 3 aromatic carbocycles. The molecule has 0 aliphatic rings. The van der Waals surface area contributed by atoms with Gasteiger partial charge in [0.1, 0.15) is 5.52 Å². The number of nitrogens with one attached hydrogen (secondary N) is 2. The summed E-state index contributed by atoms with van der Waals surface area (Å²) in [5, 5.41) is 5.92. The van der Waals surface area contributed by atoms with Crippen molar-refractivity contribution in [2.45, 2.75) is 13.8 Å². The van der Waals surface area contributed by atoms with Crippen molar-refractivity contribution in [1.29, 1.82) is 0 Å². The third kappa shape index (κ3) is 5.40. The molecule has 0 bridgehead atoms. The van der Waals surface area contributed by atoms with Crippen LogP contribution in [0.4, 0.5) is 11.4 Å². The highest BCUT2D eigenvalue weighted by Crippen LogP contribution is 2.28. The molecule has 0 aliphatic carbocycles. The fourth-order valence-corrected chi connectivity index (χ4v) is 3.95. The molecule has 6 nitrogen and oxygen atoms in total. The van der Waals surface area contributed by atoms with Crippen LogP contribution in [0.2, 0.25) is 0 Å². The molecule has 1 heterocycles. The van der Waals surface area contributed by atoms with Crippen molar-refractivity contribution >= 4 is 61.6 Å². The lowest BCUT2D eigenvalue weighted by molar-refractivity contribution is 0.0977. The first-order chi connectivity index (χ1) is 16.0. The first kappa shape index (κ1) is 22.9. The molecule has 0 unspecified atom stereocenters. The molecule has 8 heteroatoms. The van der Waals surface area contributed by atoms with Gasteiger partial charge in [0.15, 0.2) is 10.7 Å². The zero-order valence-corrected chi connectivity index (χ0v) is 20.7. The van der Waals surface area contributed by atoms with Crippen LogP contribution in [-0.4, -0.2) is 29.1 Å². The van der Waals surface area contributed by atoms with E-state index in [1.54, 1.807) is 24.3 Å². The van der Waals surface area contributed by atoms with E-state index in [-0.39, 0.29) is 11.0 Å². The molecule has 2 N–H and O–H groups in total. The van der Waals surface area contributed by atoms with Crippen molar-refractivity contribution in [3.05, 3.63) is 76.8 Å². The van der Waals surface area contributed by atoms with Gasteiger partial charge in [-0.3, -0.25) is 10.1 Å². The summed E-state index contributed by atoms with van der Waals surface area (Å²) in [4.78, 5) is 19.3. The topological polar surface area (TPSA) is 70.4 Å². The van der Waals surface area contributed by atoms with Gasteiger partial charge < -0.3 is 14.6 Å². The fraction of sp³-hybridized carbons (Fsp3) is 0.160. The lowest BCUT2D eigenvalue weighted by Gasteiger charge is -2.20. The van der Waals surface area contributed by atoms with Crippen molar-refractivity contribution in [2.75, 3.05) is 23.3 Å². The van der Waals surface area contributed by atoms with Crippen LogP contribution < -0.4 is 15.5 Å². The molecule has 168 valence electrons. The number of oxazole rings is 1. The van der Waals surface area contributed by atoms with Crippen LogP contribution in [-0.2, 0) is 0 Å². The van der Waals surface area contributed by atoms with Gasteiger partial charge in [-0.05, 0) is 92.8 Å². The van der Waals surface area contributed by atoms with Gasteiger partial charge >= 0.3 is 0 Å². The maximum atomic E-state index is 12.3. The van der Waals surface area contributed by atoms with E-state index in [2.05, 4.69) is 62.4 Å². The summed E-state index contributed by atoms with van der Waals surface area (Å²) in [7, 11) is 0. The van der Waals surface area contributed by atoms with Crippen LogP contribution in [0.3, 0.4) is 0 Å². The van der Waals surface area contributed by atoms with E-state index in [1.165, 1.54) is 5.69 Å². The van der Waals surface area contributed by atoms with Crippen LogP contribution in [0.25, 0.3) is 22.6 Å². The average molecular weight is 523 g/mol. The average Bonchev–Trinajstić information content (AvgIpc) is 3.24. The molecule has 0 aliphatic heterocycles. The molecule has 33 heavy (non-hydrogen) atoms. The number of carbonyl (C=O) groups excluding carboxylic acids is 1. The zero-order valence-electron chi connectivity index (χ0n) is 18.3. The first-order valence-corrected chi connectivity index (χ1v) is 11.8. The van der Waals surface area contributed by atoms with Gasteiger partial charge in [0.2, 0.25) is 5.89 Å². The number of amides is 1. The molecule has 4 rings (SSSR count). The highest BCUT2D eigenvalue weighted by Gasteiger charge is 2.12. The highest BCUT2D eigenvalue weighted by atomic mass is 79.9. The van der Waals surface area contributed by atoms with E-state index in [4.69, 9.17) is 16.6 Å². The Morgan fingerprint density at radius 3 is 2.39 bits per heavy atom. The number of aromatic nitrogens is 1. The van der Waals surface area contributed by atoms with E-state index in [0.29, 0.717) is 28.2 Å². The summed E-state index contributed by atoms with van der Waals surface area (Å²) in [5.41, 5.74) is 4.68. The number of halogens is 1. The Kier molecular flexibility index (Phi) is 7.05. The Bertz CT molecular complexity index is 1280. The minimum absolute atomic E-state index is 0.206. The summed E-state index contributed by atoms with van der Waals surface area (Å²) in [6, 6.07) is 20.7. The van der Waals surface area contributed by atoms with Gasteiger partial charge in [0, 0.05) is 40.1 Å². The van der Waals surface area contributed by atoms with Gasteiger partial charge in [-0.25, -0.2) is 4.98 Å². The van der Waals surface area contributed by atoms with Crippen molar-refractivity contribution in [3.63, 3.8) is 0 Å². The largest absolute Gasteiger partial charge is 0.436 e. The van der Waals surface area contributed by atoms with Gasteiger partial charge in [0.25, 0.3) is 5.91 Å². The maximum Gasteiger partial charge on any atom is 0.257 e. The number of nitrogens with zero attached hydrogens (tertiary/aromatic N) is 2. The molecular weight excluding hydrogens is 500 g/mol. The Morgan fingerprint density at radius 2 is 1.73 bits per heavy atom. The third-order valence-electron chi connectivity index (χ3n) is 5.22. The Hall–Kier alpha value is -3.23. The number of benzene rings is 3. The number of fused-ring (bicyclic) bond motifs is 1. The Morgan fingerprint density at radius 1 is 1.03 bits per heavy atom. The van der Waals surface area contributed by atoms with Crippen LogP contribution >= 0.6 is 28.1 Å². The molecular formula is C25H23BrN4O2S. The van der Waals surface area contributed by atoms with Gasteiger partial charge in [-0.2, -0.15) is 0 Å². The van der Waals surface area contributed by atoms with E-state index in [0.717, 1.165) is 23.1 Å². The first-order valence-electron chi connectivity index (χ1n) is 10.6. The second-order valence-corrected chi connectivity index (χ2v) is 8.66. The third-order valence-corrected chi connectivity index (χ3v) is 5.95. The molecule has 1 amide bonds. The van der Waals surface area contributed by atoms with Crippen molar-refractivity contribution in [2.24, 2.45) is 0 Å². The number of hydrogen-bond acceptors (Lipinski definition) is 5. The maximum absolute atomic E-state index is 12.3. The number of thiocarbonyl (C=S) groups is 1. The number of hydrogen-bond donors (Lipinski definition) is 2. The second-order valence-electron chi connectivity index (χ2n) is 7.34. The van der Waals surface area contributed by atoms with E-state index < -0.39 is 0 Å². The zero-order chi connectivity index (χ0) is 23.4. The van der Waals surface area contributed by atoms with Crippen LogP contribution in [0, 0.1) is 0 Å². The predicted molar refractivity (Wildman–Crippen MR) is 141 cm³/mol. The molecule has 0 radical (unpaired) electrons. The summed E-state index contributed by atoms with van der Waals surface area (Å²) < 4.78 is 6.84. The monoisotopic (exact) mass is 522 g/mol. The standard InChI is InChI=1S/C25H23BrN4O2S/c1-3-30(4-2)20-12-7-17(8-13-20)24-28-21-15-19(11-14-22(21)32-24)27-25(33)29-23(31)16-5-9-18(26)10-6-16/h5-15H,3-4H2,1-2H3,(H2,27,29,31,33). The predicted octanol–water partition coefficient (Wildman–Crippen LogP) is 6.23. The van der Waals surface area contributed by atoms with Crippen molar-refractivity contribution in [1.82, 2.24) is 10.3 Å². The van der Waals surface area contributed by atoms with Gasteiger partial charge in [-0.1, -0.05) is 15.9 Å². The lowest BCUT2D eigenvalue weighted by Crippen LogP contribution is -2.34. The lowest BCUT2D eigenvalue weighted by atomic mass is 10.2. The second kappa shape index (κ2) is 10.1. The minimum Gasteiger partial charge on any atom is -0.436 e. The number of rotatable bonds is 6. The highest BCUT2D eigenvalue weighted by molar-refractivity contribution is 9.10. The summed E-state index contributed by atoms with van der Waals surface area (Å²) in [5.74, 6) is 0.275. The Labute approximate surface area is 206 Å². The van der Waals surface area contributed by atoms with Crippen LogP contribution in [0.1, 0.15) is 24.2 Å². The van der Waals surface area contributed by atoms with Gasteiger partial charge in [0.05, 0.1) is 0 Å². The van der Waals surface area contributed by atoms with E-state index in [1.807, 2.05) is 30.3 Å². The normalized spacial score (nSPS) is 10.8. The van der Waals surface area contributed by atoms with Crippen LogP contribution in [0.15, 0.2) is 75.6 Å². The number of anilines is 2. The molecule has 0 saturated carbocycles. The quantitative estimate of drug-likeness (QED) is 0.292. The summed E-state index contributed by atoms with van der Waals surface area (Å²) in [6.07, 6.45) is 0. The minimum atomic E-state index is -0.280. The van der Waals surface area contributed by atoms with Crippen molar-refractivity contribution < 1.29 is 9.21 Å².